The van der Waals surface area contributed by atoms with Gasteiger partial charge >= 0.3 is 0 Å². The summed E-state index contributed by atoms with van der Waals surface area (Å²) in [5, 5.41) is 8.88. The summed E-state index contributed by atoms with van der Waals surface area (Å²) in [6.07, 6.45) is 3.39. The van der Waals surface area contributed by atoms with Crippen LogP contribution in [0.5, 0.6) is 0 Å². The normalized spacial score (nSPS) is 13.0. The number of amides is 1. The van der Waals surface area contributed by atoms with Crippen molar-refractivity contribution >= 4 is 17.4 Å². The molecule has 1 aliphatic heterocycles. The number of nitriles is 1. The summed E-state index contributed by atoms with van der Waals surface area (Å²) >= 11 is 0. The lowest BCUT2D eigenvalue weighted by Gasteiger charge is -2.17. The Balaban J connectivity index is 1.59. The highest BCUT2D eigenvalue weighted by atomic mass is 16.2. The summed E-state index contributed by atoms with van der Waals surface area (Å²) in [5.41, 5.74) is 3.53. The van der Waals surface area contributed by atoms with Crippen molar-refractivity contribution in [1.82, 2.24) is 9.55 Å². The van der Waals surface area contributed by atoms with Gasteiger partial charge in [-0.05, 0) is 29.8 Å². The summed E-state index contributed by atoms with van der Waals surface area (Å²) in [7, 11) is 0. The minimum absolute atomic E-state index is 0.276. The Bertz CT molecular complexity index is 1040. The molecule has 0 saturated carbocycles. The van der Waals surface area contributed by atoms with Crippen molar-refractivity contribution in [2.75, 3.05) is 4.90 Å². The first kappa shape index (κ1) is 15.8. The predicted octanol–water partition coefficient (Wildman–Crippen LogP) is 2.53. The SMILES string of the molecule is N#Cc1ccc(Cn2cncc2CN2C(=O)C(=O)c3ccccc32)cc1. The van der Waals surface area contributed by atoms with Gasteiger partial charge in [0.25, 0.3) is 11.7 Å². The molecular formula is C20H14N4O2. The van der Waals surface area contributed by atoms with Gasteiger partial charge in [0.15, 0.2) is 0 Å². The van der Waals surface area contributed by atoms with Gasteiger partial charge in [-0.15, -0.1) is 0 Å². The predicted molar refractivity (Wildman–Crippen MR) is 94.4 cm³/mol. The van der Waals surface area contributed by atoms with Crippen molar-refractivity contribution < 1.29 is 9.59 Å². The van der Waals surface area contributed by atoms with E-state index >= 15 is 0 Å². The molecule has 0 unspecified atom stereocenters. The number of hydrogen-bond acceptors (Lipinski definition) is 4. The summed E-state index contributed by atoms with van der Waals surface area (Å²) < 4.78 is 1.93. The van der Waals surface area contributed by atoms with E-state index in [9.17, 15) is 9.59 Å². The molecule has 0 fully saturated rings. The molecule has 126 valence electrons. The van der Waals surface area contributed by atoms with Gasteiger partial charge in [-0.3, -0.25) is 14.5 Å². The topological polar surface area (TPSA) is 79.0 Å². The molecule has 0 saturated heterocycles. The van der Waals surface area contributed by atoms with Gasteiger partial charge < -0.3 is 4.57 Å². The molecule has 2 heterocycles. The van der Waals surface area contributed by atoms with Crippen LogP contribution in [0.3, 0.4) is 0 Å². The van der Waals surface area contributed by atoms with Crippen LogP contribution in [0.2, 0.25) is 0 Å². The minimum Gasteiger partial charge on any atom is -0.328 e. The highest BCUT2D eigenvalue weighted by Gasteiger charge is 2.35. The van der Waals surface area contributed by atoms with Gasteiger partial charge in [-0.2, -0.15) is 5.26 Å². The molecule has 1 amide bonds. The first-order valence-electron chi connectivity index (χ1n) is 8.10. The zero-order valence-electron chi connectivity index (χ0n) is 13.8. The maximum absolute atomic E-state index is 12.3. The highest BCUT2D eigenvalue weighted by Crippen LogP contribution is 2.29. The molecule has 26 heavy (non-hydrogen) atoms. The number of rotatable bonds is 4. The number of ketones is 1. The zero-order valence-corrected chi connectivity index (χ0v) is 13.8. The number of para-hydroxylation sites is 1. The summed E-state index contributed by atoms with van der Waals surface area (Å²) in [5.74, 6) is -0.990. The van der Waals surface area contributed by atoms with Crippen molar-refractivity contribution in [2.24, 2.45) is 0 Å². The number of benzene rings is 2. The van der Waals surface area contributed by atoms with Crippen molar-refractivity contribution in [3.05, 3.63) is 83.4 Å². The van der Waals surface area contributed by atoms with Crippen molar-refractivity contribution in [2.45, 2.75) is 13.1 Å². The van der Waals surface area contributed by atoms with E-state index in [4.69, 9.17) is 5.26 Å². The Morgan fingerprint density at radius 2 is 1.77 bits per heavy atom. The third kappa shape index (κ3) is 2.66. The molecule has 2 aromatic carbocycles. The van der Waals surface area contributed by atoms with E-state index in [1.165, 1.54) is 4.90 Å². The maximum Gasteiger partial charge on any atom is 0.299 e. The second-order valence-corrected chi connectivity index (χ2v) is 6.06. The van der Waals surface area contributed by atoms with Crippen LogP contribution in [0.15, 0.2) is 61.1 Å². The summed E-state index contributed by atoms with van der Waals surface area (Å²) in [4.78, 5) is 30.1. The fourth-order valence-electron chi connectivity index (χ4n) is 3.07. The Labute approximate surface area is 149 Å². The van der Waals surface area contributed by atoms with Crippen LogP contribution in [-0.4, -0.2) is 21.2 Å². The first-order chi connectivity index (χ1) is 12.7. The minimum atomic E-state index is -0.516. The third-order valence-electron chi connectivity index (χ3n) is 4.43. The number of Topliss-reactive ketones (excluding diaryl/α,β-unsaturated/α-hetero) is 1. The summed E-state index contributed by atoms with van der Waals surface area (Å²) in [6, 6.07) is 16.4. The van der Waals surface area contributed by atoms with E-state index in [1.807, 2.05) is 22.8 Å². The van der Waals surface area contributed by atoms with Gasteiger partial charge in [0.1, 0.15) is 0 Å². The fourth-order valence-corrected chi connectivity index (χ4v) is 3.07. The molecule has 6 heteroatoms. The Hall–Kier alpha value is -3.72. The average molecular weight is 342 g/mol. The largest absolute Gasteiger partial charge is 0.328 e. The molecule has 0 N–H and O–H groups in total. The van der Waals surface area contributed by atoms with Crippen LogP contribution in [0.1, 0.15) is 27.2 Å². The first-order valence-corrected chi connectivity index (χ1v) is 8.10. The van der Waals surface area contributed by atoms with Crippen molar-refractivity contribution in [1.29, 1.82) is 5.26 Å². The second kappa shape index (κ2) is 6.30. The maximum atomic E-state index is 12.3. The van der Waals surface area contributed by atoms with Gasteiger partial charge in [0.05, 0.1) is 41.4 Å². The van der Waals surface area contributed by atoms with E-state index in [0.29, 0.717) is 23.4 Å². The molecule has 0 bridgehead atoms. The van der Waals surface area contributed by atoms with Crippen LogP contribution in [0.4, 0.5) is 5.69 Å². The molecule has 1 aromatic heterocycles. The van der Waals surface area contributed by atoms with E-state index in [0.717, 1.165) is 11.3 Å². The quantitative estimate of drug-likeness (QED) is 0.683. The second-order valence-electron chi connectivity index (χ2n) is 6.06. The van der Waals surface area contributed by atoms with Gasteiger partial charge in [0, 0.05) is 12.7 Å². The van der Waals surface area contributed by atoms with Gasteiger partial charge in [-0.1, -0.05) is 24.3 Å². The highest BCUT2D eigenvalue weighted by molar-refractivity contribution is 6.52. The van der Waals surface area contributed by atoms with Crippen LogP contribution in [-0.2, 0) is 17.9 Å². The van der Waals surface area contributed by atoms with E-state index in [-0.39, 0.29) is 6.54 Å². The lowest BCUT2D eigenvalue weighted by Crippen LogP contribution is -2.30. The number of nitrogens with zero attached hydrogens (tertiary/aromatic N) is 4. The molecule has 4 rings (SSSR count). The molecule has 1 aliphatic rings. The number of carbonyl (C=O) groups excluding carboxylic acids is 2. The Morgan fingerprint density at radius 1 is 1.00 bits per heavy atom. The molecule has 0 radical (unpaired) electrons. The number of fused-ring (bicyclic) bond motifs is 1. The monoisotopic (exact) mass is 342 g/mol. The standard InChI is InChI=1S/C20H14N4O2/c21-9-14-5-7-15(8-6-14)11-23-13-22-10-16(23)12-24-18-4-2-1-3-17(18)19(25)20(24)26/h1-8,10,13H,11-12H2. The third-order valence-corrected chi connectivity index (χ3v) is 4.43. The molecule has 6 nitrogen and oxygen atoms in total. The summed E-state index contributed by atoms with van der Waals surface area (Å²) in [6.45, 7) is 0.844. The van der Waals surface area contributed by atoms with E-state index in [1.54, 1.807) is 42.9 Å². The van der Waals surface area contributed by atoms with Gasteiger partial charge in [0.2, 0.25) is 0 Å². The van der Waals surface area contributed by atoms with Crippen molar-refractivity contribution in [3.8, 4) is 6.07 Å². The molecule has 0 aliphatic carbocycles. The number of aromatic nitrogens is 2. The molecule has 3 aromatic rings. The number of carbonyl (C=O) groups is 2. The van der Waals surface area contributed by atoms with Crippen LogP contribution in [0.25, 0.3) is 0 Å². The fraction of sp³-hybridized carbons (Fsp3) is 0.100. The molecule has 0 atom stereocenters. The lowest BCUT2D eigenvalue weighted by atomic mass is 10.1. The average Bonchev–Trinajstić information content (AvgIpc) is 3.21. The van der Waals surface area contributed by atoms with Crippen molar-refractivity contribution in [3.63, 3.8) is 0 Å². The van der Waals surface area contributed by atoms with Crippen LogP contribution >= 0.6 is 0 Å². The number of hydrogen-bond donors (Lipinski definition) is 0. The molecule has 0 spiro atoms. The number of anilines is 1. The Kier molecular flexibility index (Phi) is 3.82. The van der Waals surface area contributed by atoms with E-state index < -0.39 is 11.7 Å². The Morgan fingerprint density at radius 3 is 2.54 bits per heavy atom. The van der Waals surface area contributed by atoms with Crippen LogP contribution in [0, 0.1) is 11.3 Å². The smallest absolute Gasteiger partial charge is 0.299 e. The zero-order chi connectivity index (χ0) is 18.1. The van der Waals surface area contributed by atoms with E-state index in [2.05, 4.69) is 11.1 Å². The lowest BCUT2D eigenvalue weighted by molar-refractivity contribution is -0.114. The number of imidazole rings is 1. The van der Waals surface area contributed by atoms with Gasteiger partial charge in [-0.25, -0.2) is 4.98 Å². The van der Waals surface area contributed by atoms with Crippen LogP contribution < -0.4 is 4.90 Å². The molecular weight excluding hydrogens is 328 g/mol.